The molecule has 1 fully saturated rings. The highest BCUT2D eigenvalue weighted by atomic mass is 19.3. The Labute approximate surface area is 123 Å². The van der Waals surface area contributed by atoms with E-state index in [2.05, 4.69) is 17.4 Å². The van der Waals surface area contributed by atoms with E-state index >= 15 is 0 Å². The second kappa shape index (κ2) is 6.35. The fourth-order valence-electron chi connectivity index (χ4n) is 2.73. The number of benzene rings is 1. The topological polar surface area (TPSA) is 41.1 Å². The Morgan fingerprint density at radius 1 is 1.19 bits per heavy atom. The molecule has 0 saturated heterocycles. The van der Waals surface area contributed by atoms with E-state index in [1.165, 1.54) is 0 Å². The maximum Gasteiger partial charge on any atom is 0.285 e. The molecule has 0 atom stereocenters. The van der Waals surface area contributed by atoms with Crippen molar-refractivity contribution in [2.45, 2.75) is 43.6 Å². The Morgan fingerprint density at radius 2 is 1.81 bits per heavy atom. The third-order valence-electron chi connectivity index (χ3n) is 4.05. The van der Waals surface area contributed by atoms with Crippen molar-refractivity contribution in [1.29, 1.82) is 0 Å². The zero-order valence-corrected chi connectivity index (χ0v) is 11.9. The van der Waals surface area contributed by atoms with Gasteiger partial charge in [-0.3, -0.25) is 10.2 Å². The van der Waals surface area contributed by atoms with Crippen LogP contribution in [0.5, 0.6) is 0 Å². The van der Waals surface area contributed by atoms with Crippen LogP contribution in [0.1, 0.15) is 42.5 Å². The van der Waals surface area contributed by atoms with E-state index in [0.717, 1.165) is 6.42 Å². The molecular weight excluding hydrogens is 274 g/mol. The molecule has 0 bridgehead atoms. The number of hydrazine groups is 1. The fraction of sp³-hybridized carbons (Fsp3) is 0.438. The number of rotatable bonds is 5. The smallest absolute Gasteiger partial charge is 0.285 e. The molecular formula is C16H20F2N2O. The van der Waals surface area contributed by atoms with Gasteiger partial charge in [-0.05, 0) is 31.1 Å². The van der Waals surface area contributed by atoms with Crippen molar-refractivity contribution in [3.63, 3.8) is 0 Å². The summed E-state index contributed by atoms with van der Waals surface area (Å²) in [6.45, 7) is 3.24. The van der Waals surface area contributed by atoms with E-state index in [1.54, 1.807) is 30.3 Å². The van der Waals surface area contributed by atoms with Crippen LogP contribution in [-0.4, -0.2) is 17.4 Å². The number of amides is 1. The van der Waals surface area contributed by atoms with Crippen molar-refractivity contribution in [1.82, 2.24) is 10.9 Å². The Bertz CT molecular complexity index is 496. The van der Waals surface area contributed by atoms with Gasteiger partial charge in [0, 0.05) is 5.56 Å². The summed E-state index contributed by atoms with van der Waals surface area (Å²) in [5, 5.41) is 0. The van der Waals surface area contributed by atoms with E-state index in [-0.39, 0.29) is 0 Å². The van der Waals surface area contributed by atoms with Crippen molar-refractivity contribution in [3.05, 3.63) is 48.6 Å². The first-order valence-electron chi connectivity index (χ1n) is 7.15. The number of carbonyl (C=O) groups excluding carboxylic acids is 1. The van der Waals surface area contributed by atoms with E-state index < -0.39 is 17.4 Å². The first kappa shape index (κ1) is 15.6. The summed E-state index contributed by atoms with van der Waals surface area (Å²) in [7, 11) is 0. The van der Waals surface area contributed by atoms with Crippen LogP contribution >= 0.6 is 0 Å². The van der Waals surface area contributed by atoms with Crippen LogP contribution in [0, 0.1) is 0 Å². The summed E-state index contributed by atoms with van der Waals surface area (Å²) < 4.78 is 28.4. The number of halogens is 2. The molecule has 0 aromatic heterocycles. The Kier molecular flexibility index (Phi) is 4.73. The van der Waals surface area contributed by atoms with Gasteiger partial charge in [0.1, 0.15) is 5.54 Å². The molecule has 0 radical (unpaired) electrons. The lowest BCUT2D eigenvalue weighted by molar-refractivity contribution is -0.0690. The number of nitrogens with one attached hydrogen (secondary N) is 2. The van der Waals surface area contributed by atoms with Gasteiger partial charge in [-0.2, -0.15) is 8.78 Å². The van der Waals surface area contributed by atoms with Crippen molar-refractivity contribution in [2.24, 2.45) is 0 Å². The van der Waals surface area contributed by atoms with E-state index in [9.17, 15) is 13.6 Å². The first-order valence-corrected chi connectivity index (χ1v) is 7.15. The molecule has 1 aliphatic carbocycles. The molecule has 1 saturated carbocycles. The first-order chi connectivity index (χ1) is 10.0. The van der Waals surface area contributed by atoms with Crippen molar-refractivity contribution < 1.29 is 13.6 Å². The fourth-order valence-corrected chi connectivity index (χ4v) is 2.73. The molecule has 1 aromatic carbocycles. The van der Waals surface area contributed by atoms with Crippen molar-refractivity contribution >= 4 is 5.91 Å². The Morgan fingerprint density at radius 3 is 2.38 bits per heavy atom. The Hall–Kier alpha value is -1.75. The van der Waals surface area contributed by atoms with E-state index in [1.807, 2.05) is 0 Å². The van der Waals surface area contributed by atoms with Gasteiger partial charge in [0.2, 0.25) is 0 Å². The molecule has 2 rings (SSSR count). The molecule has 0 spiro atoms. The highest BCUT2D eigenvalue weighted by Crippen LogP contribution is 2.40. The molecule has 3 nitrogen and oxygen atoms in total. The Balaban J connectivity index is 2.10. The summed E-state index contributed by atoms with van der Waals surface area (Å²) in [5.74, 6) is -3.49. The van der Waals surface area contributed by atoms with Crippen LogP contribution in [-0.2, 0) is 0 Å². The highest BCUT2D eigenvalue weighted by Gasteiger charge is 2.52. The van der Waals surface area contributed by atoms with Gasteiger partial charge >= 0.3 is 0 Å². The average Bonchev–Trinajstić information content (AvgIpc) is 2.54. The zero-order chi connectivity index (χ0) is 15.3. The largest absolute Gasteiger partial charge is 0.287 e. The van der Waals surface area contributed by atoms with Gasteiger partial charge in [0.25, 0.3) is 11.8 Å². The van der Waals surface area contributed by atoms with Crippen LogP contribution in [0.25, 0.3) is 0 Å². The molecule has 0 heterocycles. The molecule has 114 valence electrons. The van der Waals surface area contributed by atoms with E-state index in [4.69, 9.17) is 0 Å². The van der Waals surface area contributed by atoms with Crippen LogP contribution in [0.3, 0.4) is 0 Å². The average molecular weight is 294 g/mol. The summed E-state index contributed by atoms with van der Waals surface area (Å²) in [5.41, 5.74) is 4.02. The zero-order valence-electron chi connectivity index (χ0n) is 11.9. The van der Waals surface area contributed by atoms with Crippen LogP contribution in [0.4, 0.5) is 8.78 Å². The maximum absolute atomic E-state index is 14.2. The maximum atomic E-state index is 14.2. The lowest BCUT2D eigenvalue weighted by atomic mass is 9.77. The number of hydrogen-bond donors (Lipinski definition) is 2. The van der Waals surface area contributed by atoms with Crippen LogP contribution in [0.15, 0.2) is 43.0 Å². The van der Waals surface area contributed by atoms with Crippen molar-refractivity contribution in [3.8, 4) is 0 Å². The third kappa shape index (κ3) is 3.29. The lowest BCUT2D eigenvalue weighted by Gasteiger charge is -2.42. The van der Waals surface area contributed by atoms with E-state index in [0.29, 0.717) is 37.3 Å². The van der Waals surface area contributed by atoms with Gasteiger partial charge in [-0.15, -0.1) is 0 Å². The third-order valence-corrected chi connectivity index (χ3v) is 4.05. The van der Waals surface area contributed by atoms with Crippen molar-refractivity contribution in [2.75, 3.05) is 0 Å². The summed E-state index contributed by atoms with van der Waals surface area (Å²) in [6.07, 6.45) is 3.63. The van der Waals surface area contributed by atoms with Gasteiger partial charge in [0.15, 0.2) is 0 Å². The minimum atomic E-state index is -3.07. The molecule has 1 aliphatic rings. The normalized spacial score (nSPS) is 18.0. The second-order valence-corrected chi connectivity index (χ2v) is 5.42. The van der Waals surface area contributed by atoms with Gasteiger partial charge in [-0.25, -0.2) is 5.43 Å². The van der Waals surface area contributed by atoms with Crippen LogP contribution in [0.2, 0.25) is 0 Å². The molecule has 0 aliphatic heterocycles. The molecule has 21 heavy (non-hydrogen) atoms. The SMILES string of the molecule is C=CC(F)(F)C1(NNC(=O)c2ccccc2)CCCCC1. The molecule has 0 unspecified atom stereocenters. The number of hydrogen-bond acceptors (Lipinski definition) is 2. The quantitative estimate of drug-likeness (QED) is 0.645. The van der Waals surface area contributed by atoms with Gasteiger partial charge < -0.3 is 0 Å². The van der Waals surface area contributed by atoms with Crippen LogP contribution < -0.4 is 10.9 Å². The number of alkyl halides is 2. The summed E-state index contributed by atoms with van der Waals surface area (Å²) in [4.78, 5) is 12.0. The standard InChI is InChI=1S/C16H20F2N2O/c1-2-16(17,18)15(11-7-4-8-12-15)20-19-14(21)13-9-5-3-6-10-13/h2-3,5-6,9-10,20H,1,4,7-8,11-12H2,(H,19,21). The predicted molar refractivity (Wildman–Crippen MR) is 78.0 cm³/mol. The highest BCUT2D eigenvalue weighted by molar-refractivity contribution is 5.93. The number of carbonyl (C=O) groups is 1. The molecule has 1 amide bonds. The lowest BCUT2D eigenvalue weighted by Crippen LogP contribution is -2.64. The monoisotopic (exact) mass is 294 g/mol. The predicted octanol–water partition coefficient (Wildman–Crippen LogP) is 3.45. The van der Waals surface area contributed by atoms with Gasteiger partial charge in [0.05, 0.1) is 0 Å². The van der Waals surface area contributed by atoms with Gasteiger partial charge in [-0.1, -0.05) is 44.0 Å². The minimum absolute atomic E-state index is 0.307. The summed E-state index contributed by atoms with van der Waals surface area (Å²) in [6, 6.07) is 8.51. The molecule has 1 aromatic rings. The minimum Gasteiger partial charge on any atom is -0.287 e. The summed E-state index contributed by atoms with van der Waals surface area (Å²) >= 11 is 0. The second-order valence-electron chi connectivity index (χ2n) is 5.42. The molecule has 5 heteroatoms. The molecule has 2 N–H and O–H groups in total.